The SMILES string of the molecule is COc1ccc(CCNC(=O)N(C)CC2CCCN3CCCCC23)cc1OC. The van der Waals surface area contributed by atoms with Crippen LogP contribution in [0, 0.1) is 5.92 Å². The lowest BCUT2D eigenvalue weighted by molar-refractivity contribution is 0.0487. The standard InChI is InChI=1S/C22H35N3O3/c1-24(16-18-7-6-14-25-13-5-4-8-19(18)25)22(26)23-12-11-17-9-10-20(27-2)21(15-17)28-3/h9-10,15,18-19H,4-8,11-14,16H2,1-3H3,(H,23,26). The number of methoxy groups -OCH3 is 2. The van der Waals surface area contributed by atoms with Crippen LogP contribution >= 0.6 is 0 Å². The van der Waals surface area contributed by atoms with Crippen LogP contribution < -0.4 is 14.8 Å². The Labute approximate surface area is 169 Å². The summed E-state index contributed by atoms with van der Waals surface area (Å²) < 4.78 is 10.6. The van der Waals surface area contributed by atoms with E-state index in [1.807, 2.05) is 30.1 Å². The first kappa shape index (κ1) is 20.8. The van der Waals surface area contributed by atoms with Crippen molar-refractivity contribution < 1.29 is 14.3 Å². The summed E-state index contributed by atoms with van der Waals surface area (Å²) in [6.07, 6.45) is 7.22. The van der Waals surface area contributed by atoms with E-state index in [0.29, 0.717) is 18.5 Å². The second-order valence-electron chi connectivity index (χ2n) is 8.05. The highest BCUT2D eigenvalue weighted by Crippen LogP contribution is 2.31. The summed E-state index contributed by atoms with van der Waals surface area (Å²) in [6, 6.07) is 6.57. The van der Waals surface area contributed by atoms with Crippen molar-refractivity contribution in [2.45, 2.75) is 44.6 Å². The van der Waals surface area contributed by atoms with Crippen LogP contribution in [0.15, 0.2) is 18.2 Å². The topological polar surface area (TPSA) is 54.0 Å². The predicted octanol–water partition coefficient (Wildman–Crippen LogP) is 3.15. The van der Waals surface area contributed by atoms with E-state index < -0.39 is 0 Å². The molecule has 0 spiro atoms. The van der Waals surface area contributed by atoms with E-state index in [4.69, 9.17) is 9.47 Å². The first-order chi connectivity index (χ1) is 13.6. The zero-order chi connectivity index (χ0) is 19.9. The molecule has 0 radical (unpaired) electrons. The van der Waals surface area contributed by atoms with Crippen LogP contribution in [-0.2, 0) is 6.42 Å². The fraction of sp³-hybridized carbons (Fsp3) is 0.682. The Hall–Kier alpha value is -1.95. The maximum atomic E-state index is 12.5. The number of rotatable bonds is 7. The number of ether oxygens (including phenoxy) is 2. The van der Waals surface area contributed by atoms with Crippen molar-refractivity contribution in [3.05, 3.63) is 23.8 Å². The Bertz CT molecular complexity index is 650. The summed E-state index contributed by atoms with van der Waals surface area (Å²) in [4.78, 5) is 17.1. The zero-order valence-electron chi connectivity index (χ0n) is 17.6. The molecule has 2 aliphatic heterocycles. The third kappa shape index (κ3) is 5.10. The quantitative estimate of drug-likeness (QED) is 0.778. The highest BCUT2D eigenvalue weighted by molar-refractivity contribution is 5.73. The molecule has 1 aromatic rings. The van der Waals surface area contributed by atoms with Crippen LogP contribution in [-0.4, -0.2) is 69.3 Å². The zero-order valence-corrected chi connectivity index (χ0v) is 17.6. The molecular weight excluding hydrogens is 354 g/mol. The molecule has 3 rings (SSSR count). The average molecular weight is 390 g/mol. The molecule has 6 nitrogen and oxygen atoms in total. The van der Waals surface area contributed by atoms with Crippen molar-refractivity contribution in [1.82, 2.24) is 15.1 Å². The van der Waals surface area contributed by atoms with Gasteiger partial charge in [-0.25, -0.2) is 4.79 Å². The summed E-state index contributed by atoms with van der Waals surface area (Å²) in [7, 11) is 5.19. The molecule has 0 aliphatic carbocycles. The monoisotopic (exact) mass is 389 g/mol. The van der Waals surface area contributed by atoms with Crippen molar-refractivity contribution in [3.8, 4) is 11.5 Å². The molecule has 1 N–H and O–H groups in total. The van der Waals surface area contributed by atoms with E-state index in [1.165, 1.54) is 45.2 Å². The molecule has 6 heteroatoms. The van der Waals surface area contributed by atoms with Gasteiger partial charge in [-0.15, -0.1) is 0 Å². The summed E-state index contributed by atoms with van der Waals surface area (Å²) in [5.74, 6) is 2.05. The summed E-state index contributed by atoms with van der Waals surface area (Å²) in [5, 5.41) is 3.06. The molecule has 2 atom stereocenters. The number of hydrogen-bond donors (Lipinski definition) is 1. The smallest absolute Gasteiger partial charge is 0.317 e. The van der Waals surface area contributed by atoms with E-state index in [2.05, 4.69) is 10.2 Å². The van der Waals surface area contributed by atoms with E-state index >= 15 is 0 Å². The number of nitrogens with zero attached hydrogens (tertiary/aromatic N) is 2. The van der Waals surface area contributed by atoms with Gasteiger partial charge in [-0.05, 0) is 68.8 Å². The Morgan fingerprint density at radius 3 is 2.71 bits per heavy atom. The Balaban J connectivity index is 1.45. The highest BCUT2D eigenvalue weighted by Gasteiger charge is 2.33. The number of carbonyl (C=O) groups excluding carboxylic acids is 1. The Morgan fingerprint density at radius 1 is 1.14 bits per heavy atom. The molecule has 2 fully saturated rings. The van der Waals surface area contributed by atoms with Gasteiger partial charge in [-0.1, -0.05) is 12.5 Å². The third-order valence-electron chi connectivity index (χ3n) is 6.22. The summed E-state index contributed by atoms with van der Waals surface area (Å²) in [6.45, 7) is 3.94. The minimum atomic E-state index is 0.0217. The number of carbonyl (C=O) groups is 1. The van der Waals surface area contributed by atoms with Crippen LogP contribution in [0.5, 0.6) is 11.5 Å². The molecule has 1 aromatic carbocycles. The van der Waals surface area contributed by atoms with Crippen molar-refractivity contribution in [3.63, 3.8) is 0 Å². The molecule has 0 aromatic heterocycles. The molecule has 2 amide bonds. The van der Waals surface area contributed by atoms with Gasteiger partial charge in [0.25, 0.3) is 0 Å². The van der Waals surface area contributed by atoms with Gasteiger partial charge in [-0.3, -0.25) is 0 Å². The number of urea groups is 1. The van der Waals surface area contributed by atoms with Crippen molar-refractivity contribution in [1.29, 1.82) is 0 Å². The first-order valence-corrected chi connectivity index (χ1v) is 10.6. The fourth-order valence-corrected chi connectivity index (χ4v) is 4.71. The third-order valence-corrected chi connectivity index (χ3v) is 6.22. The van der Waals surface area contributed by atoms with Gasteiger partial charge >= 0.3 is 6.03 Å². The van der Waals surface area contributed by atoms with Crippen molar-refractivity contribution in [2.24, 2.45) is 5.92 Å². The molecule has 28 heavy (non-hydrogen) atoms. The number of nitrogens with one attached hydrogen (secondary N) is 1. The van der Waals surface area contributed by atoms with Gasteiger partial charge in [0.15, 0.2) is 11.5 Å². The number of fused-ring (bicyclic) bond motifs is 1. The van der Waals surface area contributed by atoms with E-state index in [9.17, 15) is 4.79 Å². The summed E-state index contributed by atoms with van der Waals surface area (Å²) in [5.41, 5.74) is 1.12. The molecular formula is C22H35N3O3. The minimum absolute atomic E-state index is 0.0217. The molecule has 2 heterocycles. The van der Waals surface area contributed by atoms with Crippen LogP contribution in [0.4, 0.5) is 4.79 Å². The summed E-state index contributed by atoms with van der Waals surface area (Å²) >= 11 is 0. The number of piperidine rings is 2. The predicted molar refractivity (Wildman–Crippen MR) is 111 cm³/mol. The van der Waals surface area contributed by atoms with Gasteiger partial charge in [0.2, 0.25) is 0 Å². The molecule has 2 saturated heterocycles. The first-order valence-electron chi connectivity index (χ1n) is 10.6. The van der Waals surface area contributed by atoms with Crippen LogP contribution in [0.1, 0.15) is 37.7 Å². The van der Waals surface area contributed by atoms with E-state index in [-0.39, 0.29) is 6.03 Å². The van der Waals surface area contributed by atoms with Gasteiger partial charge in [0.05, 0.1) is 14.2 Å². The highest BCUT2D eigenvalue weighted by atomic mass is 16.5. The van der Waals surface area contributed by atoms with Crippen LogP contribution in [0.2, 0.25) is 0 Å². The Morgan fingerprint density at radius 2 is 1.93 bits per heavy atom. The molecule has 2 unspecified atom stereocenters. The van der Waals surface area contributed by atoms with Gasteiger partial charge < -0.3 is 24.6 Å². The molecule has 0 bridgehead atoms. The molecule has 156 valence electrons. The van der Waals surface area contributed by atoms with Crippen molar-refractivity contribution in [2.75, 3.05) is 47.4 Å². The lowest BCUT2D eigenvalue weighted by Crippen LogP contribution is -2.52. The average Bonchev–Trinajstić information content (AvgIpc) is 2.73. The molecule has 0 saturated carbocycles. The lowest BCUT2D eigenvalue weighted by atomic mass is 9.83. The lowest BCUT2D eigenvalue weighted by Gasteiger charge is -2.45. The fourth-order valence-electron chi connectivity index (χ4n) is 4.71. The maximum absolute atomic E-state index is 12.5. The second kappa shape index (κ2) is 10.0. The maximum Gasteiger partial charge on any atom is 0.317 e. The second-order valence-corrected chi connectivity index (χ2v) is 8.05. The Kier molecular flexibility index (Phi) is 7.43. The van der Waals surface area contributed by atoms with Gasteiger partial charge in [0, 0.05) is 26.2 Å². The van der Waals surface area contributed by atoms with Gasteiger partial charge in [0.1, 0.15) is 0 Å². The van der Waals surface area contributed by atoms with Crippen LogP contribution in [0.25, 0.3) is 0 Å². The van der Waals surface area contributed by atoms with Gasteiger partial charge in [-0.2, -0.15) is 0 Å². The van der Waals surface area contributed by atoms with E-state index in [0.717, 1.165) is 30.0 Å². The van der Waals surface area contributed by atoms with Crippen LogP contribution in [0.3, 0.4) is 0 Å². The largest absolute Gasteiger partial charge is 0.493 e. The number of benzene rings is 1. The van der Waals surface area contributed by atoms with Crippen molar-refractivity contribution >= 4 is 6.03 Å². The number of amides is 2. The number of hydrogen-bond acceptors (Lipinski definition) is 4. The minimum Gasteiger partial charge on any atom is -0.493 e. The van der Waals surface area contributed by atoms with E-state index in [1.54, 1.807) is 14.2 Å². The molecule has 2 aliphatic rings. The normalized spacial score (nSPS) is 22.2.